The van der Waals surface area contributed by atoms with E-state index in [4.69, 9.17) is 9.47 Å². The molecule has 2 fully saturated rings. The highest BCUT2D eigenvalue weighted by atomic mass is 16.5. The van der Waals surface area contributed by atoms with Crippen LogP contribution >= 0.6 is 0 Å². The third kappa shape index (κ3) is 6.76. The molecule has 160 valence electrons. The topological polar surface area (TPSA) is 110 Å². The molecule has 0 aromatic carbocycles. The van der Waals surface area contributed by atoms with Gasteiger partial charge in [0.05, 0.1) is 25.2 Å². The van der Waals surface area contributed by atoms with Crippen LogP contribution in [0.5, 0.6) is 0 Å². The fourth-order valence-electron chi connectivity index (χ4n) is 3.89. The standard InChI is InChI=1S/C21H31N3O5/c25-14-19-18(24-21(27)16-6-11-28-12-7-16)2-1-17(29-19)5-10-23-20(26)13-15-3-8-22-9-4-15/h3-4,8-9,16-19,25H,1-2,5-7,10-14H2,(H,23,26)(H,24,27)/t17-,18-,19-/m0/s1. The monoisotopic (exact) mass is 405 g/mol. The van der Waals surface area contributed by atoms with Gasteiger partial charge in [0.15, 0.2) is 0 Å². The smallest absolute Gasteiger partial charge is 0.224 e. The minimum absolute atomic E-state index is 0.0172. The first kappa shape index (κ1) is 21.7. The van der Waals surface area contributed by atoms with E-state index in [2.05, 4.69) is 15.6 Å². The number of aliphatic hydroxyl groups is 1. The van der Waals surface area contributed by atoms with Gasteiger partial charge in [-0.3, -0.25) is 14.6 Å². The van der Waals surface area contributed by atoms with Crippen molar-refractivity contribution in [3.8, 4) is 0 Å². The predicted octanol–water partition coefficient (Wildman–Crippen LogP) is 0.582. The fraction of sp³-hybridized carbons (Fsp3) is 0.667. The number of carbonyl (C=O) groups excluding carboxylic acids is 2. The van der Waals surface area contributed by atoms with E-state index in [1.54, 1.807) is 12.4 Å². The molecule has 8 heteroatoms. The number of nitrogens with zero attached hydrogens (tertiary/aromatic N) is 1. The van der Waals surface area contributed by atoms with Crippen molar-refractivity contribution in [1.82, 2.24) is 15.6 Å². The van der Waals surface area contributed by atoms with Crippen LogP contribution in [0.4, 0.5) is 0 Å². The van der Waals surface area contributed by atoms with Crippen LogP contribution in [0.15, 0.2) is 24.5 Å². The molecule has 0 spiro atoms. The SMILES string of the molecule is O=C(Cc1ccncc1)NCC[C@@H]1CC[C@H](NC(=O)C2CCOCC2)[C@H](CO)O1. The normalized spacial score (nSPS) is 25.3. The lowest BCUT2D eigenvalue weighted by molar-refractivity contribution is -0.135. The quantitative estimate of drug-likeness (QED) is 0.584. The summed E-state index contributed by atoms with van der Waals surface area (Å²) in [6, 6.07) is 3.47. The molecule has 0 unspecified atom stereocenters. The first-order chi connectivity index (χ1) is 14.2. The van der Waals surface area contributed by atoms with Crippen LogP contribution in [0.25, 0.3) is 0 Å². The van der Waals surface area contributed by atoms with Crippen molar-refractivity contribution in [3.63, 3.8) is 0 Å². The second-order valence-electron chi connectivity index (χ2n) is 7.73. The Kier molecular flexibility index (Phi) is 8.39. The number of hydrogen-bond acceptors (Lipinski definition) is 6. The Labute approximate surface area is 171 Å². The average molecular weight is 405 g/mol. The number of hydrogen-bond donors (Lipinski definition) is 3. The van der Waals surface area contributed by atoms with Gasteiger partial charge < -0.3 is 25.2 Å². The first-order valence-electron chi connectivity index (χ1n) is 10.5. The van der Waals surface area contributed by atoms with E-state index in [1.165, 1.54) is 0 Å². The van der Waals surface area contributed by atoms with Gasteiger partial charge >= 0.3 is 0 Å². The highest BCUT2D eigenvalue weighted by molar-refractivity contribution is 5.79. The summed E-state index contributed by atoms with van der Waals surface area (Å²) >= 11 is 0. The highest BCUT2D eigenvalue weighted by Crippen LogP contribution is 2.23. The molecule has 1 aromatic heterocycles. The molecular formula is C21H31N3O5. The van der Waals surface area contributed by atoms with Gasteiger partial charge in [0.2, 0.25) is 11.8 Å². The minimum atomic E-state index is -0.412. The molecule has 3 N–H and O–H groups in total. The maximum absolute atomic E-state index is 12.5. The van der Waals surface area contributed by atoms with Crippen LogP contribution in [0.3, 0.4) is 0 Å². The number of carbonyl (C=O) groups is 2. The maximum Gasteiger partial charge on any atom is 0.224 e. The molecule has 0 bridgehead atoms. The van der Waals surface area contributed by atoms with E-state index in [9.17, 15) is 14.7 Å². The lowest BCUT2D eigenvalue weighted by Gasteiger charge is -2.37. The molecule has 29 heavy (non-hydrogen) atoms. The molecule has 0 aliphatic carbocycles. The summed E-state index contributed by atoms with van der Waals surface area (Å²) in [6.07, 6.45) is 6.93. The maximum atomic E-state index is 12.5. The molecule has 0 radical (unpaired) electrons. The molecule has 3 atom stereocenters. The molecule has 2 aliphatic rings. The number of nitrogens with one attached hydrogen (secondary N) is 2. The molecule has 2 aliphatic heterocycles. The largest absolute Gasteiger partial charge is 0.394 e. The summed E-state index contributed by atoms with van der Waals surface area (Å²) in [5.41, 5.74) is 0.926. The van der Waals surface area contributed by atoms with Crippen molar-refractivity contribution in [2.24, 2.45) is 5.92 Å². The Morgan fingerprint density at radius 2 is 1.90 bits per heavy atom. The zero-order valence-electron chi connectivity index (χ0n) is 16.7. The number of ether oxygens (including phenoxy) is 2. The van der Waals surface area contributed by atoms with E-state index < -0.39 is 6.10 Å². The number of rotatable bonds is 8. The number of amides is 2. The summed E-state index contributed by atoms with van der Waals surface area (Å²) in [5.74, 6) is -0.0223. The molecule has 3 heterocycles. The molecule has 1 aromatic rings. The second-order valence-corrected chi connectivity index (χ2v) is 7.73. The van der Waals surface area contributed by atoms with Gasteiger partial charge in [0.25, 0.3) is 0 Å². The summed E-state index contributed by atoms with van der Waals surface area (Å²) < 4.78 is 11.3. The van der Waals surface area contributed by atoms with E-state index >= 15 is 0 Å². The van der Waals surface area contributed by atoms with Crippen LogP contribution in [0, 0.1) is 5.92 Å². The van der Waals surface area contributed by atoms with Gasteiger partial charge in [-0.25, -0.2) is 0 Å². The van der Waals surface area contributed by atoms with Gasteiger partial charge in [-0.1, -0.05) is 0 Å². The molecule has 2 saturated heterocycles. The minimum Gasteiger partial charge on any atom is -0.394 e. The van der Waals surface area contributed by atoms with E-state index in [0.29, 0.717) is 32.6 Å². The molecule has 8 nitrogen and oxygen atoms in total. The van der Waals surface area contributed by atoms with Gasteiger partial charge in [-0.15, -0.1) is 0 Å². The molecule has 0 saturated carbocycles. The summed E-state index contributed by atoms with van der Waals surface area (Å²) in [7, 11) is 0. The van der Waals surface area contributed by atoms with Gasteiger partial charge in [-0.05, 0) is 49.8 Å². The van der Waals surface area contributed by atoms with Gasteiger partial charge in [-0.2, -0.15) is 0 Å². The Balaban J connectivity index is 1.37. The second kappa shape index (κ2) is 11.2. The van der Waals surface area contributed by atoms with Crippen molar-refractivity contribution in [2.75, 3.05) is 26.4 Å². The Hall–Kier alpha value is -2.03. The van der Waals surface area contributed by atoms with Crippen molar-refractivity contribution in [1.29, 1.82) is 0 Å². The van der Waals surface area contributed by atoms with E-state index in [-0.39, 0.29) is 36.5 Å². The molecule has 3 rings (SSSR count). The van der Waals surface area contributed by atoms with Gasteiger partial charge in [0.1, 0.15) is 6.10 Å². The van der Waals surface area contributed by atoms with Crippen molar-refractivity contribution in [3.05, 3.63) is 30.1 Å². The zero-order valence-corrected chi connectivity index (χ0v) is 16.7. The predicted molar refractivity (Wildman–Crippen MR) is 106 cm³/mol. The summed E-state index contributed by atoms with van der Waals surface area (Å²) in [6.45, 7) is 1.63. The fourth-order valence-corrected chi connectivity index (χ4v) is 3.89. The summed E-state index contributed by atoms with van der Waals surface area (Å²) in [5, 5.41) is 15.7. The lowest BCUT2D eigenvalue weighted by Crippen LogP contribution is -2.52. The van der Waals surface area contributed by atoms with Crippen LogP contribution in [-0.4, -0.2) is 66.5 Å². The van der Waals surface area contributed by atoms with E-state index in [1.807, 2.05) is 12.1 Å². The number of aliphatic hydroxyl groups excluding tert-OH is 1. The van der Waals surface area contributed by atoms with E-state index in [0.717, 1.165) is 31.2 Å². The van der Waals surface area contributed by atoms with Crippen molar-refractivity contribution < 1.29 is 24.2 Å². The summed E-state index contributed by atoms with van der Waals surface area (Å²) in [4.78, 5) is 28.4. The van der Waals surface area contributed by atoms with Crippen LogP contribution in [0.2, 0.25) is 0 Å². The lowest BCUT2D eigenvalue weighted by atomic mass is 9.94. The first-order valence-corrected chi connectivity index (χ1v) is 10.5. The number of pyridine rings is 1. The van der Waals surface area contributed by atoms with Crippen LogP contribution < -0.4 is 10.6 Å². The van der Waals surface area contributed by atoms with Gasteiger partial charge in [0, 0.05) is 38.1 Å². The van der Waals surface area contributed by atoms with Crippen LogP contribution in [-0.2, 0) is 25.5 Å². The third-order valence-electron chi connectivity index (χ3n) is 5.62. The molecule has 2 amide bonds. The van der Waals surface area contributed by atoms with Crippen LogP contribution in [0.1, 0.15) is 37.7 Å². The molecular weight excluding hydrogens is 374 g/mol. The van der Waals surface area contributed by atoms with Crippen molar-refractivity contribution in [2.45, 2.75) is 56.8 Å². The third-order valence-corrected chi connectivity index (χ3v) is 5.62. The Morgan fingerprint density at radius 3 is 2.62 bits per heavy atom. The van der Waals surface area contributed by atoms with Crippen molar-refractivity contribution >= 4 is 11.8 Å². The highest BCUT2D eigenvalue weighted by Gasteiger charge is 2.33. The Morgan fingerprint density at radius 1 is 1.14 bits per heavy atom. The Bertz CT molecular complexity index is 651. The number of aromatic nitrogens is 1. The zero-order chi connectivity index (χ0) is 20.5. The average Bonchev–Trinajstić information content (AvgIpc) is 2.76.